The average Bonchev–Trinajstić information content (AvgIpc) is 2.25. The van der Waals surface area contributed by atoms with Crippen LogP contribution in [0.1, 0.15) is 24.2 Å². The molecule has 0 fully saturated rings. The van der Waals surface area contributed by atoms with Gasteiger partial charge in [-0.3, -0.25) is 4.79 Å². The van der Waals surface area contributed by atoms with E-state index in [-0.39, 0.29) is 11.7 Å². The monoisotopic (exact) mass is 219 g/mol. The third-order valence-corrected chi connectivity index (χ3v) is 2.03. The first-order valence-electron chi connectivity index (χ1n) is 5.33. The van der Waals surface area contributed by atoms with Crippen LogP contribution in [0.5, 0.6) is 5.75 Å². The summed E-state index contributed by atoms with van der Waals surface area (Å²) in [5.41, 5.74) is 0.552. The van der Waals surface area contributed by atoms with Crippen LogP contribution >= 0.6 is 0 Å². The van der Waals surface area contributed by atoms with Crippen molar-refractivity contribution in [1.82, 2.24) is 5.32 Å². The van der Waals surface area contributed by atoms with Crippen LogP contribution in [0.2, 0.25) is 0 Å². The zero-order valence-electron chi connectivity index (χ0n) is 9.60. The number of carbonyl (C=O) groups excluding carboxylic acids is 1. The zero-order chi connectivity index (χ0) is 12.0. The topological polar surface area (TPSA) is 49.3 Å². The second-order valence-corrected chi connectivity index (χ2v) is 3.93. The van der Waals surface area contributed by atoms with E-state index in [0.29, 0.717) is 18.0 Å². The average molecular weight is 219 g/mol. The fourth-order valence-corrected chi connectivity index (χ4v) is 1.21. The molecular formula is C13H17NO2. The highest BCUT2D eigenvalue weighted by Gasteiger charge is 2.02. The number of benzene rings is 1. The number of nitrogens with one attached hydrogen (secondary N) is 1. The lowest BCUT2D eigenvalue weighted by Gasteiger charge is -2.02. The van der Waals surface area contributed by atoms with E-state index < -0.39 is 0 Å². The van der Waals surface area contributed by atoms with Gasteiger partial charge < -0.3 is 10.4 Å². The number of hydrogen-bond acceptors (Lipinski definition) is 2. The molecule has 0 spiro atoms. The van der Waals surface area contributed by atoms with Crippen LogP contribution < -0.4 is 5.32 Å². The lowest BCUT2D eigenvalue weighted by Crippen LogP contribution is -2.23. The quantitative estimate of drug-likeness (QED) is 0.763. The Kier molecular flexibility index (Phi) is 4.58. The van der Waals surface area contributed by atoms with Crippen molar-refractivity contribution < 1.29 is 9.90 Å². The van der Waals surface area contributed by atoms with Gasteiger partial charge in [0.15, 0.2) is 0 Å². The smallest absolute Gasteiger partial charge is 0.251 e. The van der Waals surface area contributed by atoms with E-state index in [1.54, 1.807) is 12.1 Å². The fraction of sp³-hybridized carbons (Fsp3) is 0.308. The molecule has 0 saturated carbocycles. The summed E-state index contributed by atoms with van der Waals surface area (Å²) in [6.07, 6.45) is 3.97. The molecule has 86 valence electrons. The summed E-state index contributed by atoms with van der Waals surface area (Å²) < 4.78 is 0. The molecule has 2 N–H and O–H groups in total. The molecule has 0 saturated heterocycles. The van der Waals surface area contributed by atoms with Crippen LogP contribution in [0.3, 0.4) is 0 Å². The Balaban J connectivity index is 2.44. The highest BCUT2D eigenvalue weighted by atomic mass is 16.3. The minimum absolute atomic E-state index is 0.131. The van der Waals surface area contributed by atoms with Crippen molar-refractivity contribution >= 4 is 5.91 Å². The van der Waals surface area contributed by atoms with Crippen LogP contribution in [0, 0.1) is 5.92 Å². The molecule has 1 rings (SSSR count). The van der Waals surface area contributed by atoms with Crippen molar-refractivity contribution in [1.29, 1.82) is 0 Å². The second kappa shape index (κ2) is 5.95. The molecule has 16 heavy (non-hydrogen) atoms. The maximum absolute atomic E-state index is 11.6. The molecular weight excluding hydrogens is 202 g/mol. The lowest BCUT2D eigenvalue weighted by atomic mass is 10.2. The van der Waals surface area contributed by atoms with E-state index >= 15 is 0 Å². The molecule has 0 unspecified atom stereocenters. The standard InChI is InChI=1S/C13H17NO2/c1-10(2)4-3-9-14-13(16)11-5-7-12(15)8-6-11/h3-8,10,15H,9H2,1-2H3,(H,14,16)/b4-3+. The van der Waals surface area contributed by atoms with Gasteiger partial charge in [0.2, 0.25) is 0 Å². The van der Waals surface area contributed by atoms with Gasteiger partial charge in [-0.1, -0.05) is 26.0 Å². The molecule has 0 aromatic heterocycles. The molecule has 0 aliphatic heterocycles. The Morgan fingerprint density at radius 1 is 1.38 bits per heavy atom. The Hall–Kier alpha value is -1.77. The van der Waals surface area contributed by atoms with Crippen LogP contribution in [0.25, 0.3) is 0 Å². The van der Waals surface area contributed by atoms with Gasteiger partial charge in [-0.2, -0.15) is 0 Å². The molecule has 1 aromatic carbocycles. The van der Waals surface area contributed by atoms with E-state index in [0.717, 1.165) is 0 Å². The number of amides is 1. The highest BCUT2D eigenvalue weighted by Crippen LogP contribution is 2.09. The number of rotatable bonds is 4. The first-order chi connectivity index (χ1) is 7.59. The number of hydrogen-bond donors (Lipinski definition) is 2. The van der Waals surface area contributed by atoms with E-state index in [9.17, 15) is 4.79 Å². The summed E-state index contributed by atoms with van der Waals surface area (Å²) in [6, 6.07) is 6.19. The van der Waals surface area contributed by atoms with Crippen molar-refractivity contribution in [3.63, 3.8) is 0 Å². The molecule has 0 radical (unpaired) electrons. The molecule has 0 aliphatic carbocycles. The van der Waals surface area contributed by atoms with Gasteiger partial charge in [-0.05, 0) is 30.2 Å². The molecule has 3 nitrogen and oxygen atoms in total. The van der Waals surface area contributed by atoms with Gasteiger partial charge >= 0.3 is 0 Å². The van der Waals surface area contributed by atoms with E-state index in [2.05, 4.69) is 19.2 Å². The summed E-state index contributed by atoms with van der Waals surface area (Å²) in [6.45, 7) is 4.69. The third kappa shape index (κ3) is 4.17. The fourth-order valence-electron chi connectivity index (χ4n) is 1.21. The highest BCUT2D eigenvalue weighted by molar-refractivity contribution is 5.94. The molecule has 0 bridgehead atoms. The first-order valence-corrected chi connectivity index (χ1v) is 5.33. The van der Waals surface area contributed by atoms with Crippen molar-refractivity contribution in [2.45, 2.75) is 13.8 Å². The molecule has 0 atom stereocenters. The summed E-state index contributed by atoms with van der Waals surface area (Å²) in [5, 5.41) is 11.8. The van der Waals surface area contributed by atoms with E-state index in [1.165, 1.54) is 12.1 Å². The van der Waals surface area contributed by atoms with Gasteiger partial charge in [-0.15, -0.1) is 0 Å². The van der Waals surface area contributed by atoms with Crippen LogP contribution in [-0.2, 0) is 0 Å². The second-order valence-electron chi connectivity index (χ2n) is 3.93. The molecule has 1 aromatic rings. The molecule has 1 amide bonds. The van der Waals surface area contributed by atoms with Gasteiger partial charge in [0.25, 0.3) is 5.91 Å². The van der Waals surface area contributed by atoms with Crippen LogP contribution in [-0.4, -0.2) is 17.6 Å². The van der Waals surface area contributed by atoms with E-state index in [4.69, 9.17) is 5.11 Å². The van der Waals surface area contributed by atoms with Crippen molar-refractivity contribution in [3.05, 3.63) is 42.0 Å². The predicted octanol–water partition coefficient (Wildman–Crippen LogP) is 2.33. The lowest BCUT2D eigenvalue weighted by molar-refractivity contribution is 0.0958. The molecule has 0 heterocycles. The number of phenols is 1. The summed E-state index contributed by atoms with van der Waals surface area (Å²) in [5.74, 6) is 0.523. The van der Waals surface area contributed by atoms with Crippen molar-refractivity contribution in [3.8, 4) is 5.75 Å². The predicted molar refractivity (Wildman–Crippen MR) is 64.4 cm³/mol. The summed E-state index contributed by atoms with van der Waals surface area (Å²) >= 11 is 0. The summed E-state index contributed by atoms with van der Waals surface area (Å²) in [4.78, 5) is 11.6. The van der Waals surface area contributed by atoms with E-state index in [1.807, 2.05) is 12.2 Å². The summed E-state index contributed by atoms with van der Waals surface area (Å²) in [7, 11) is 0. The Bertz CT molecular complexity index is 366. The van der Waals surface area contributed by atoms with Gasteiger partial charge in [0.1, 0.15) is 5.75 Å². The normalized spacial score (nSPS) is 10.9. The van der Waals surface area contributed by atoms with Gasteiger partial charge in [0, 0.05) is 12.1 Å². The minimum atomic E-state index is -0.131. The SMILES string of the molecule is CC(C)/C=C/CNC(=O)c1ccc(O)cc1. The third-order valence-electron chi connectivity index (χ3n) is 2.03. The Morgan fingerprint density at radius 3 is 2.56 bits per heavy atom. The molecule has 3 heteroatoms. The van der Waals surface area contributed by atoms with Crippen molar-refractivity contribution in [2.24, 2.45) is 5.92 Å². The minimum Gasteiger partial charge on any atom is -0.508 e. The Morgan fingerprint density at radius 2 is 2.00 bits per heavy atom. The molecule has 0 aliphatic rings. The number of phenolic OH excluding ortho intramolecular Hbond substituents is 1. The largest absolute Gasteiger partial charge is 0.508 e. The number of allylic oxidation sites excluding steroid dienone is 1. The van der Waals surface area contributed by atoms with Gasteiger partial charge in [-0.25, -0.2) is 0 Å². The maximum atomic E-state index is 11.6. The van der Waals surface area contributed by atoms with Gasteiger partial charge in [0.05, 0.1) is 0 Å². The number of aromatic hydroxyl groups is 1. The van der Waals surface area contributed by atoms with Crippen molar-refractivity contribution in [2.75, 3.05) is 6.54 Å². The zero-order valence-corrected chi connectivity index (χ0v) is 9.60. The van der Waals surface area contributed by atoms with Crippen LogP contribution in [0.15, 0.2) is 36.4 Å². The first kappa shape index (κ1) is 12.3. The maximum Gasteiger partial charge on any atom is 0.251 e. The Labute approximate surface area is 95.8 Å². The van der Waals surface area contributed by atoms with Crippen LogP contribution in [0.4, 0.5) is 0 Å². The number of carbonyl (C=O) groups is 1.